The van der Waals surface area contributed by atoms with Gasteiger partial charge in [-0.05, 0) is 24.7 Å². The van der Waals surface area contributed by atoms with Gasteiger partial charge in [0.2, 0.25) is 0 Å². The van der Waals surface area contributed by atoms with Crippen LogP contribution in [0.1, 0.15) is 40.0 Å². The molecule has 12 heavy (non-hydrogen) atoms. The van der Waals surface area contributed by atoms with E-state index in [0.717, 1.165) is 0 Å². The molecule has 0 spiro atoms. The number of rotatable bonds is 1. The molecule has 0 aromatic rings. The molecule has 1 atom stereocenters. The van der Waals surface area contributed by atoms with Crippen LogP contribution in [0, 0.1) is 10.8 Å². The van der Waals surface area contributed by atoms with Gasteiger partial charge in [0.25, 0.3) is 0 Å². The Hall–Kier alpha value is -0.520. The first-order valence-corrected chi connectivity index (χ1v) is 4.83. The third kappa shape index (κ3) is 1.48. The van der Waals surface area contributed by atoms with Gasteiger partial charge in [0.1, 0.15) is 0 Å². The van der Waals surface area contributed by atoms with Crippen LogP contribution in [0.3, 0.4) is 0 Å². The molecule has 0 heteroatoms. The van der Waals surface area contributed by atoms with Gasteiger partial charge in [0.15, 0.2) is 0 Å². The molecule has 0 bridgehead atoms. The highest BCUT2D eigenvalue weighted by molar-refractivity contribution is 5.16. The minimum atomic E-state index is 0.241. The quantitative estimate of drug-likeness (QED) is 0.515. The van der Waals surface area contributed by atoms with Crippen molar-refractivity contribution in [2.45, 2.75) is 40.0 Å². The summed E-state index contributed by atoms with van der Waals surface area (Å²) >= 11 is 0. The molecule has 0 fully saturated rings. The van der Waals surface area contributed by atoms with E-state index in [1.807, 2.05) is 0 Å². The van der Waals surface area contributed by atoms with E-state index in [1.54, 1.807) is 0 Å². The zero-order valence-corrected chi connectivity index (χ0v) is 8.56. The molecule has 0 saturated heterocycles. The highest BCUT2D eigenvalue weighted by atomic mass is 14.4. The SMILES string of the molecule is C=CC1(C(C)(C)C)C=CCCC1. The third-order valence-electron chi connectivity index (χ3n) is 3.14. The molecule has 0 heterocycles. The van der Waals surface area contributed by atoms with Crippen LogP contribution in [0.4, 0.5) is 0 Å². The lowest BCUT2D eigenvalue weighted by Crippen LogP contribution is -2.33. The van der Waals surface area contributed by atoms with E-state index in [-0.39, 0.29) is 5.41 Å². The first-order valence-electron chi connectivity index (χ1n) is 4.83. The number of allylic oxidation sites excluding steroid dienone is 3. The van der Waals surface area contributed by atoms with Crippen LogP contribution in [0.5, 0.6) is 0 Å². The zero-order chi connectivity index (χ0) is 9.24. The summed E-state index contributed by atoms with van der Waals surface area (Å²) in [4.78, 5) is 0. The maximum Gasteiger partial charge on any atom is 0.0107 e. The average molecular weight is 164 g/mol. The molecule has 68 valence electrons. The van der Waals surface area contributed by atoms with Crippen LogP contribution in [0.15, 0.2) is 24.8 Å². The first-order chi connectivity index (χ1) is 5.52. The van der Waals surface area contributed by atoms with Gasteiger partial charge < -0.3 is 0 Å². The van der Waals surface area contributed by atoms with Gasteiger partial charge in [-0.15, -0.1) is 6.58 Å². The summed E-state index contributed by atoms with van der Waals surface area (Å²) < 4.78 is 0. The lowest BCUT2D eigenvalue weighted by atomic mass is 9.62. The zero-order valence-electron chi connectivity index (χ0n) is 8.56. The van der Waals surface area contributed by atoms with Crippen molar-refractivity contribution in [1.29, 1.82) is 0 Å². The summed E-state index contributed by atoms with van der Waals surface area (Å²) in [5.74, 6) is 0. The molecular weight excluding hydrogens is 144 g/mol. The Morgan fingerprint density at radius 1 is 1.42 bits per heavy atom. The van der Waals surface area contributed by atoms with Gasteiger partial charge in [-0.2, -0.15) is 0 Å². The second-order valence-corrected chi connectivity index (χ2v) is 4.79. The van der Waals surface area contributed by atoms with E-state index in [9.17, 15) is 0 Å². The van der Waals surface area contributed by atoms with Crippen molar-refractivity contribution in [2.24, 2.45) is 10.8 Å². The molecule has 0 N–H and O–H groups in total. The van der Waals surface area contributed by atoms with Crippen LogP contribution in [0.25, 0.3) is 0 Å². The highest BCUT2D eigenvalue weighted by Crippen LogP contribution is 2.46. The van der Waals surface area contributed by atoms with E-state index < -0.39 is 0 Å². The maximum absolute atomic E-state index is 3.97. The molecule has 1 rings (SSSR count). The van der Waals surface area contributed by atoms with Crippen molar-refractivity contribution >= 4 is 0 Å². The second kappa shape index (κ2) is 3.08. The van der Waals surface area contributed by atoms with Gasteiger partial charge in [0.05, 0.1) is 0 Å². The van der Waals surface area contributed by atoms with Crippen LogP contribution >= 0.6 is 0 Å². The van der Waals surface area contributed by atoms with E-state index in [2.05, 4.69) is 45.6 Å². The monoisotopic (exact) mass is 164 g/mol. The Kier molecular flexibility index (Phi) is 2.46. The Balaban J connectivity index is 2.96. The minimum Gasteiger partial charge on any atom is -0.102 e. The van der Waals surface area contributed by atoms with Crippen molar-refractivity contribution < 1.29 is 0 Å². The fourth-order valence-corrected chi connectivity index (χ4v) is 1.99. The number of hydrogen-bond donors (Lipinski definition) is 0. The van der Waals surface area contributed by atoms with Gasteiger partial charge in [0, 0.05) is 5.41 Å². The molecule has 0 amide bonds. The Morgan fingerprint density at radius 2 is 2.08 bits per heavy atom. The normalized spacial score (nSPS) is 30.2. The van der Waals surface area contributed by atoms with E-state index >= 15 is 0 Å². The molecule has 0 aliphatic heterocycles. The first kappa shape index (κ1) is 9.57. The second-order valence-electron chi connectivity index (χ2n) is 4.79. The smallest absolute Gasteiger partial charge is 0.0107 e. The van der Waals surface area contributed by atoms with Crippen molar-refractivity contribution in [2.75, 3.05) is 0 Å². The largest absolute Gasteiger partial charge is 0.102 e. The Morgan fingerprint density at radius 3 is 2.33 bits per heavy atom. The molecule has 1 aliphatic carbocycles. The van der Waals surface area contributed by atoms with Crippen LogP contribution in [0.2, 0.25) is 0 Å². The highest BCUT2D eigenvalue weighted by Gasteiger charge is 2.37. The van der Waals surface area contributed by atoms with Crippen LogP contribution in [-0.4, -0.2) is 0 Å². The lowest BCUT2D eigenvalue weighted by molar-refractivity contribution is 0.181. The van der Waals surface area contributed by atoms with Gasteiger partial charge in [-0.25, -0.2) is 0 Å². The van der Waals surface area contributed by atoms with Crippen molar-refractivity contribution in [3.8, 4) is 0 Å². The average Bonchev–Trinajstić information content (AvgIpc) is 2.04. The maximum atomic E-state index is 3.97. The molecular formula is C12H20. The molecule has 0 radical (unpaired) electrons. The lowest BCUT2D eigenvalue weighted by Gasteiger charge is -2.42. The van der Waals surface area contributed by atoms with Crippen molar-refractivity contribution in [1.82, 2.24) is 0 Å². The van der Waals surface area contributed by atoms with Crippen LogP contribution < -0.4 is 0 Å². The Bertz CT molecular complexity index is 193. The van der Waals surface area contributed by atoms with E-state index in [0.29, 0.717) is 5.41 Å². The topological polar surface area (TPSA) is 0 Å². The van der Waals surface area contributed by atoms with Gasteiger partial charge in [-0.3, -0.25) is 0 Å². The van der Waals surface area contributed by atoms with Crippen LogP contribution in [-0.2, 0) is 0 Å². The summed E-state index contributed by atoms with van der Waals surface area (Å²) in [5, 5.41) is 0. The predicted octanol–water partition coefficient (Wildman–Crippen LogP) is 3.95. The third-order valence-corrected chi connectivity index (χ3v) is 3.14. The summed E-state index contributed by atoms with van der Waals surface area (Å²) in [6, 6.07) is 0. The fraction of sp³-hybridized carbons (Fsp3) is 0.667. The summed E-state index contributed by atoms with van der Waals surface area (Å²) in [6.45, 7) is 10.9. The summed E-state index contributed by atoms with van der Waals surface area (Å²) in [7, 11) is 0. The fourth-order valence-electron chi connectivity index (χ4n) is 1.99. The molecule has 0 aromatic heterocycles. The van der Waals surface area contributed by atoms with Crippen molar-refractivity contribution in [3.63, 3.8) is 0 Å². The Labute approximate surface area is 76.4 Å². The molecule has 0 nitrogen and oxygen atoms in total. The predicted molar refractivity (Wildman–Crippen MR) is 55.1 cm³/mol. The molecule has 1 unspecified atom stereocenters. The summed E-state index contributed by atoms with van der Waals surface area (Å²) in [5.41, 5.74) is 0.552. The molecule has 0 aromatic carbocycles. The van der Waals surface area contributed by atoms with Crippen molar-refractivity contribution in [3.05, 3.63) is 24.8 Å². The minimum absolute atomic E-state index is 0.241. The van der Waals surface area contributed by atoms with Gasteiger partial charge in [-0.1, -0.05) is 39.0 Å². The van der Waals surface area contributed by atoms with E-state index in [1.165, 1.54) is 19.3 Å². The van der Waals surface area contributed by atoms with E-state index in [4.69, 9.17) is 0 Å². The van der Waals surface area contributed by atoms with Gasteiger partial charge >= 0.3 is 0 Å². The standard InChI is InChI=1S/C12H20/c1-5-12(11(2,3)4)9-7-6-8-10-12/h5,7,9H,1,6,8,10H2,2-4H3. The summed E-state index contributed by atoms with van der Waals surface area (Å²) in [6.07, 6.45) is 10.6. The molecule has 1 aliphatic rings. The number of hydrogen-bond acceptors (Lipinski definition) is 0. The molecule has 0 saturated carbocycles.